The van der Waals surface area contributed by atoms with Crippen LogP contribution in [0.2, 0.25) is 0 Å². The second kappa shape index (κ2) is 4.85. The largest absolute Gasteiger partial charge is 0.383 e. The molecule has 1 atom stereocenters. The molecule has 1 amide bonds. The van der Waals surface area contributed by atoms with Gasteiger partial charge in [0.2, 0.25) is 5.91 Å². The third-order valence-corrected chi connectivity index (χ3v) is 3.22. The van der Waals surface area contributed by atoms with Gasteiger partial charge < -0.3 is 15.4 Å². The molecule has 0 aromatic heterocycles. The van der Waals surface area contributed by atoms with Crippen molar-refractivity contribution in [3.63, 3.8) is 0 Å². The quantitative estimate of drug-likeness (QED) is 0.856. The highest BCUT2D eigenvalue weighted by molar-refractivity contribution is 5.95. The van der Waals surface area contributed by atoms with E-state index in [0.717, 1.165) is 17.7 Å². The average molecular weight is 234 g/mol. The van der Waals surface area contributed by atoms with E-state index in [1.165, 1.54) is 5.56 Å². The van der Waals surface area contributed by atoms with Crippen molar-refractivity contribution in [2.75, 3.05) is 25.7 Å². The summed E-state index contributed by atoms with van der Waals surface area (Å²) in [6.45, 7) is 0.507. The summed E-state index contributed by atoms with van der Waals surface area (Å²) < 4.78 is 5.05. The van der Waals surface area contributed by atoms with Gasteiger partial charge in [-0.05, 0) is 23.6 Å². The van der Waals surface area contributed by atoms with Crippen LogP contribution < -0.4 is 10.6 Å². The lowest BCUT2D eigenvalue weighted by atomic mass is 9.97. The van der Waals surface area contributed by atoms with Crippen molar-refractivity contribution >= 4 is 11.6 Å². The highest BCUT2D eigenvalue weighted by atomic mass is 16.5. The Balaban J connectivity index is 2.29. The maximum Gasteiger partial charge on any atom is 0.227 e. The molecule has 1 aromatic carbocycles. The Kier molecular flexibility index (Phi) is 3.45. The number of ether oxygens (including phenoxy) is 1. The summed E-state index contributed by atoms with van der Waals surface area (Å²) in [5, 5.41) is 0. The highest BCUT2D eigenvalue weighted by Gasteiger charge is 2.21. The Bertz CT molecular complexity index is 431. The summed E-state index contributed by atoms with van der Waals surface area (Å²) in [4.78, 5) is 13.3. The minimum Gasteiger partial charge on any atom is -0.383 e. The number of methoxy groups -OCH3 is 1. The minimum atomic E-state index is -0.103. The average Bonchev–Trinajstić information content (AvgIpc) is 2.34. The molecule has 1 aliphatic rings. The van der Waals surface area contributed by atoms with Crippen LogP contribution in [0.4, 0.5) is 5.69 Å². The number of anilines is 1. The van der Waals surface area contributed by atoms with Gasteiger partial charge in [0.1, 0.15) is 0 Å². The molecule has 0 saturated heterocycles. The lowest BCUT2D eigenvalue weighted by Gasteiger charge is -2.26. The van der Waals surface area contributed by atoms with Crippen molar-refractivity contribution in [3.8, 4) is 0 Å². The smallest absolute Gasteiger partial charge is 0.227 e. The number of aryl methyl sites for hydroxylation is 1. The van der Waals surface area contributed by atoms with Crippen LogP contribution in [0.15, 0.2) is 18.2 Å². The molecular weight excluding hydrogens is 216 g/mol. The zero-order chi connectivity index (χ0) is 12.4. The highest BCUT2D eigenvalue weighted by Crippen LogP contribution is 2.28. The summed E-state index contributed by atoms with van der Waals surface area (Å²) >= 11 is 0. The van der Waals surface area contributed by atoms with E-state index < -0.39 is 0 Å². The summed E-state index contributed by atoms with van der Waals surface area (Å²) in [6.07, 6.45) is 1.37. The van der Waals surface area contributed by atoms with E-state index in [2.05, 4.69) is 6.07 Å². The number of hydrogen-bond acceptors (Lipinski definition) is 3. The molecule has 0 aliphatic carbocycles. The van der Waals surface area contributed by atoms with Crippen molar-refractivity contribution in [1.29, 1.82) is 0 Å². The summed E-state index contributed by atoms with van der Waals surface area (Å²) in [6, 6.07) is 5.92. The van der Waals surface area contributed by atoms with Crippen LogP contribution in [0.1, 0.15) is 23.6 Å². The van der Waals surface area contributed by atoms with Crippen LogP contribution in [-0.4, -0.2) is 26.7 Å². The molecule has 2 rings (SSSR count). The van der Waals surface area contributed by atoms with Gasteiger partial charge in [-0.1, -0.05) is 12.1 Å². The molecule has 0 spiro atoms. The molecule has 2 N–H and O–H groups in total. The maximum absolute atomic E-state index is 11.6. The molecule has 0 bridgehead atoms. The Morgan fingerprint density at radius 1 is 1.47 bits per heavy atom. The third-order valence-electron chi connectivity index (χ3n) is 3.22. The summed E-state index contributed by atoms with van der Waals surface area (Å²) in [5.74, 6) is 0.173. The van der Waals surface area contributed by atoms with Gasteiger partial charge in [-0.3, -0.25) is 4.79 Å². The predicted octanol–water partition coefficient (Wildman–Crippen LogP) is 1.24. The Morgan fingerprint density at radius 2 is 2.24 bits per heavy atom. The first-order valence-electron chi connectivity index (χ1n) is 5.77. The fourth-order valence-corrected chi connectivity index (χ4v) is 2.18. The molecule has 4 heteroatoms. The van der Waals surface area contributed by atoms with Crippen LogP contribution in [0.3, 0.4) is 0 Å². The normalized spacial score (nSPS) is 16.9. The Labute approximate surface area is 101 Å². The van der Waals surface area contributed by atoms with Gasteiger partial charge >= 0.3 is 0 Å². The number of carbonyl (C=O) groups is 1. The molecule has 92 valence electrons. The molecule has 1 aliphatic heterocycles. The number of hydrogen-bond donors (Lipinski definition) is 1. The Morgan fingerprint density at radius 3 is 2.94 bits per heavy atom. The van der Waals surface area contributed by atoms with E-state index in [4.69, 9.17) is 10.5 Å². The van der Waals surface area contributed by atoms with Crippen molar-refractivity contribution in [1.82, 2.24) is 0 Å². The lowest BCUT2D eigenvalue weighted by molar-refractivity contribution is -0.118. The number of carbonyl (C=O) groups excluding carboxylic acids is 1. The van der Waals surface area contributed by atoms with Gasteiger partial charge in [0.05, 0.1) is 12.6 Å². The zero-order valence-electron chi connectivity index (χ0n) is 10.3. The van der Waals surface area contributed by atoms with Gasteiger partial charge in [0.25, 0.3) is 0 Å². The fraction of sp³-hybridized carbons (Fsp3) is 0.462. The number of rotatable bonds is 3. The number of amides is 1. The molecular formula is C13H18N2O2. The van der Waals surface area contributed by atoms with E-state index in [0.29, 0.717) is 13.0 Å². The van der Waals surface area contributed by atoms with E-state index >= 15 is 0 Å². The van der Waals surface area contributed by atoms with Crippen LogP contribution in [0, 0.1) is 0 Å². The van der Waals surface area contributed by atoms with Gasteiger partial charge in [0, 0.05) is 26.3 Å². The molecule has 0 radical (unpaired) electrons. The molecule has 1 unspecified atom stereocenters. The second-order valence-corrected chi connectivity index (χ2v) is 4.40. The van der Waals surface area contributed by atoms with Crippen LogP contribution in [-0.2, 0) is 16.0 Å². The van der Waals surface area contributed by atoms with E-state index in [9.17, 15) is 4.79 Å². The Hall–Kier alpha value is -1.39. The van der Waals surface area contributed by atoms with Crippen molar-refractivity contribution < 1.29 is 9.53 Å². The standard InChI is InChI=1S/C13H18N2O2/c1-15-12-5-3-9(11(14)8-17-2)7-10(12)4-6-13(15)16/h3,5,7,11H,4,6,8,14H2,1-2H3. The van der Waals surface area contributed by atoms with Gasteiger partial charge in [0.15, 0.2) is 0 Å². The molecule has 4 nitrogen and oxygen atoms in total. The lowest BCUT2D eigenvalue weighted by Crippen LogP contribution is -2.31. The summed E-state index contributed by atoms with van der Waals surface area (Å²) in [7, 11) is 3.46. The topological polar surface area (TPSA) is 55.6 Å². The summed E-state index contributed by atoms with van der Waals surface area (Å²) in [5.41, 5.74) is 9.24. The molecule has 17 heavy (non-hydrogen) atoms. The maximum atomic E-state index is 11.6. The van der Waals surface area contributed by atoms with Crippen molar-refractivity contribution in [2.45, 2.75) is 18.9 Å². The minimum absolute atomic E-state index is 0.103. The number of nitrogens with zero attached hydrogens (tertiary/aromatic N) is 1. The van der Waals surface area contributed by atoms with E-state index in [1.54, 1.807) is 12.0 Å². The zero-order valence-corrected chi connectivity index (χ0v) is 10.3. The van der Waals surface area contributed by atoms with E-state index in [-0.39, 0.29) is 11.9 Å². The molecule has 0 saturated carbocycles. The third kappa shape index (κ3) is 2.33. The van der Waals surface area contributed by atoms with Crippen molar-refractivity contribution in [3.05, 3.63) is 29.3 Å². The first-order valence-corrected chi connectivity index (χ1v) is 5.77. The first kappa shape index (κ1) is 12.1. The number of fused-ring (bicyclic) bond motifs is 1. The van der Waals surface area contributed by atoms with Gasteiger partial charge in [-0.25, -0.2) is 0 Å². The first-order chi connectivity index (χ1) is 8.13. The molecule has 1 aromatic rings. The second-order valence-electron chi connectivity index (χ2n) is 4.40. The molecule has 1 heterocycles. The predicted molar refractivity (Wildman–Crippen MR) is 67.0 cm³/mol. The fourth-order valence-electron chi connectivity index (χ4n) is 2.18. The van der Waals surface area contributed by atoms with Crippen LogP contribution >= 0.6 is 0 Å². The van der Waals surface area contributed by atoms with E-state index in [1.807, 2.05) is 19.2 Å². The van der Waals surface area contributed by atoms with Crippen LogP contribution in [0.5, 0.6) is 0 Å². The van der Waals surface area contributed by atoms with Gasteiger partial charge in [-0.2, -0.15) is 0 Å². The SMILES string of the molecule is COCC(N)c1ccc2c(c1)CCC(=O)N2C. The van der Waals surface area contributed by atoms with Crippen LogP contribution in [0.25, 0.3) is 0 Å². The number of nitrogens with two attached hydrogens (primary N) is 1. The van der Waals surface area contributed by atoms with Gasteiger partial charge in [-0.15, -0.1) is 0 Å². The monoisotopic (exact) mass is 234 g/mol. The number of benzene rings is 1. The van der Waals surface area contributed by atoms with Crippen molar-refractivity contribution in [2.24, 2.45) is 5.73 Å². The molecule has 0 fully saturated rings.